The van der Waals surface area contributed by atoms with Gasteiger partial charge in [0, 0.05) is 5.41 Å². The summed E-state index contributed by atoms with van der Waals surface area (Å²) >= 11 is 0. The van der Waals surface area contributed by atoms with Crippen molar-refractivity contribution in [2.75, 3.05) is 33.0 Å². The molecule has 6 heterocycles. The van der Waals surface area contributed by atoms with Crippen LogP contribution in [0.4, 0.5) is 0 Å². The van der Waals surface area contributed by atoms with Crippen molar-refractivity contribution in [3.63, 3.8) is 0 Å². The van der Waals surface area contributed by atoms with E-state index in [1.807, 2.05) is 20.8 Å². The maximum absolute atomic E-state index is 15.4. The minimum Gasteiger partial charge on any atom is -0.405 e. The first-order chi connectivity index (χ1) is 44.7. The SMILES string of the molecule is C[C@H]1OC(O[C@@H]2C(CO)O[C@@](O)(OCC3O[C@@](O)(OC(=O)[C@@H]4CC(C)(C)C[C@H]5C6=CCC7[C@@]8(C)CC[C@H](OC9(C%10OC[C@H](O)[C@@H](O)[C@H]%10O)O[C@H](C)[C@@H](O)[C@H](O)[C@@H]9O)[C@@](C)(CO)C8CC[C@@]7(C)[C@]6(C)CCC45)[C@@H](OC4OC[C@@H](O)[C@@H](O)[C@@H]4O)C(O)[C@@H]3O)[C@@H](O)C2O)[C@@H](O)[C@@H](O)[C@@H]1O. The van der Waals surface area contributed by atoms with Crippen LogP contribution in [0.5, 0.6) is 0 Å². The highest BCUT2D eigenvalue weighted by Crippen LogP contribution is 2.75. The van der Waals surface area contributed by atoms with E-state index in [0.717, 1.165) is 5.57 Å². The fourth-order valence-electron chi connectivity index (χ4n) is 19.5. The van der Waals surface area contributed by atoms with Gasteiger partial charge in [-0.3, -0.25) is 4.79 Å². The Morgan fingerprint density at radius 3 is 1.90 bits per heavy atom. The van der Waals surface area contributed by atoms with Gasteiger partial charge in [-0.1, -0.05) is 53.2 Å². The van der Waals surface area contributed by atoms with Crippen molar-refractivity contribution in [1.29, 1.82) is 0 Å². The number of esters is 1. The summed E-state index contributed by atoms with van der Waals surface area (Å²) in [5.74, 6) is -12.2. The quantitative estimate of drug-likeness (QED) is 0.0333. The maximum Gasteiger partial charge on any atom is 0.357 e. The summed E-state index contributed by atoms with van der Waals surface area (Å²) in [5.41, 5.74) is -1.87. The molecule has 10 fully saturated rings. The maximum atomic E-state index is 15.4. The van der Waals surface area contributed by atoms with E-state index in [1.165, 1.54) is 13.8 Å². The second-order valence-corrected chi connectivity index (χ2v) is 31.4. The number of carbonyl (C=O) groups is 1. The van der Waals surface area contributed by atoms with E-state index in [9.17, 15) is 102 Å². The van der Waals surface area contributed by atoms with Gasteiger partial charge in [-0.25, -0.2) is 0 Å². The number of aliphatic hydroxyl groups is 20. The zero-order chi connectivity index (χ0) is 70.4. The van der Waals surface area contributed by atoms with Crippen molar-refractivity contribution in [3.05, 3.63) is 11.6 Å². The number of allylic oxidation sites excluding steroid dienone is 2. The van der Waals surface area contributed by atoms with Crippen molar-refractivity contribution >= 4 is 5.97 Å². The zero-order valence-corrected chi connectivity index (χ0v) is 55.2. The molecule has 11 rings (SSSR count). The number of rotatable bonds is 14. The molecule has 0 aromatic carbocycles. The molecule has 11 aliphatic rings. The van der Waals surface area contributed by atoms with Gasteiger partial charge >= 0.3 is 17.9 Å². The molecule has 32 heteroatoms. The molecule has 5 aliphatic carbocycles. The molecule has 0 radical (unpaired) electrons. The molecule has 11 unspecified atom stereocenters. The number of hydrogen-bond acceptors (Lipinski definition) is 32. The minimum atomic E-state index is -3.47. The zero-order valence-electron chi connectivity index (χ0n) is 55.2. The molecule has 38 atom stereocenters. The van der Waals surface area contributed by atoms with Crippen LogP contribution < -0.4 is 0 Å². The lowest BCUT2D eigenvalue weighted by atomic mass is 9.34. The molecule has 0 amide bonds. The molecule has 552 valence electrons. The lowest BCUT2D eigenvalue weighted by molar-refractivity contribution is -0.479. The van der Waals surface area contributed by atoms with Crippen molar-refractivity contribution in [2.24, 2.45) is 56.7 Å². The second-order valence-electron chi connectivity index (χ2n) is 31.4. The average Bonchev–Trinajstić information content (AvgIpc) is 0.679. The fraction of sp³-hybridized carbons (Fsp3) is 0.953. The van der Waals surface area contributed by atoms with E-state index in [1.54, 1.807) is 0 Å². The van der Waals surface area contributed by atoms with E-state index < -0.39 is 255 Å². The van der Waals surface area contributed by atoms with Crippen LogP contribution in [0.3, 0.4) is 0 Å². The Morgan fingerprint density at radius 1 is 0.594 bits per heavy atom. The Bertz CT molecular complexity index is 2770. The summed E-state index contributed by atoms with van der Waals surface area (Å²) in [4.78, 5) is 15.4. The van der Waals surface area contributed by atoms with Gasteiger partial charge in [0.2, 0.25) is 5.79 Å². The smallest absolute Gasteiger partial charge is 0.357 e. The molecule has 0 aromatic heterocycles. The molecule has 96 heavy (non-hydrogen) atoms. The summed E-state index contributed by atoms with van der Waals surface area (Å²) < 4.78 is 64.4. The number of carbonyl (C=O) groups excluding carboxylic acids is 1. The fourth-order valence-corrected chi connectivity index (χ4v) is 19.5. The second kappa shape index (κ2) is 26.9. The number of hydrogen-bond donors (Lipinski definition) is 20. The largest absolute Gasteiger partial charge is 0.405 e. The van der Waals surface area contributed by atoms with E-state index in [2.05, 4.69) is 26.8 Å². The van der Waals surface area contributed by atoms with Crippen LogP contribution in [0.1, 0.15) is 113 Å². The third kappa shape index (κ3) is 12.2. The van der Waals surface area contributed by atoms with Crippen LogP contribution in [0.2, 0.25) is 0 Å². The number of fused-ring (bicyclic) bond motifs is 7. The molecule has 6 saturated heterocycles. The normalized spacial score (nSPS) is 56.7. The molecule has 6 aliphatic heterocycles. The van der Waals surface area contributed by atoms with Crippen LogP contribution in [-0.2, 0) is 56.9 Å². The highest BCUT2D eigenvalue weighted by atomic mass is 16.9. The van der Waals surface area contributed by atoms with Crippen molar-refractivity contribution in [1.82, 2.24) is 0 Å². The Labute approximate surface area is 554 Å². The number of aliphatic hydroxyl groups excluding tert-OH is 18. The van der Waals surface area contributed by atoms with Gasteiger partial charge in [0.05, 0.1) is 57.3 Å². The predicted octanol–water partition coefficient (Wildman–Crippen LogP) is -6.20. The third-order valence-electron chi connectivity index (χ3n) is 25.2. The Morgan fingerprint density at radius 2 is 1.23 bits per heavy atom. The first kappa shape index (κ1) is 75.2. The highest BCUT2D eigenvalue weighted by molar-refractivity contribution is 5.74. The molecule has 0 spiro atoms. The van der Waals surface area contributed by atoms with E-state index >= 15 is 4.79 Å². The topological polar surface area (TPSA) is 523 Å². The average molecular weight is 1390 g/mol. The summed E-state index contributed by atoms with van der Waals surface area (Å²) in [7, 11) is 0. The Balaban J connectivity index is 0.839. The Hall–Kier alpha value is -1.99. The lowest BCUT2D eigenvalue weighted by Crippen LogP contribution is -2.75. The van der Waals surface area contributed by atoms with Crippen LogP contribution in [0.25, 0.3) is 0 Å². The lowest BCUT2D eigenvalue weighted by Gasteiger charge is -2.71. The van der Waals surface area contributed by atoms with Crippen molar-refractivity contribution in [3.8, 4) is 0 Å². The van der Waals surface area contributed by atoms with Crippen molar-refractivity contribution in [2.45, 2.75) is 290 Å². The minimum absolute atomic E-state index is 0.00115. The Kier molecular flexibility index (Phi) is 21.1. The van der Waals surface area contributed by atoms with Gasteiger partial charge in [-0.05, 0) is 117 Å². The van der Waals surface area contributed by atoms with Crippen LogP contribution in [0.15, 0.2) is 11.6 Å². The third-order valence-corrected chi connectivity index (χ3v) is 25.2. The van der Waals surface area contributed by atoms with Gasteiger partial charge in [-0.2, -0.15) is 0 Å². The summed E-state index contributed by atoms with van der Waals surface area (Å²) in [6, 6.07) is 0. The molecule has 0 aromatic rings. The van der Waals surface area contributed by atoms with Crippen molar-refractivity contribution < 1.29 is 159 Å². The summed E-state index contributed by atoms with van der Waals surface area (Å²) in [6.07, 6.45) is -40.8. The first-order valence-corrected chi connectivity index (χ1v) is 33.8. The van der Waals surface area contributed by atoms with E-state index in [0.29, 0.717) is 44.9 Å². The van der Waals surface area contributed by atoms with Gasteiger partial charge < -0.3 is 154 Å². The van der Waals surface area contributed by atoms with Gasteiger partial charge in [0.25, 0.3) is 0 Å². The number of ether oxygens (including phenoxy) is 11. The van der Waals surface area contributed by atoms with E-state index in [4.69, 9.17) is 52.1 Å². The monoisotopic (exact) mass is 1380 g/mol. The summed E-state index contributed by atoms with van der Waals surface area (Å²) in [5, 5.41) is 222. The predicted molar refractivity (Wildman–Crippen MR) is 317 cm³/mol. The van der Waals surface area contributed by atoms with E-state index in [-0.39, 0.29) is 30.6 Å². The molecule has 0 bridgehead atoms. The van der Waals surface area contributed by atoms with Gasteiger partial charge in [0.1, 0.15) is 116 Å². The van der Waals surface area contributed by atoms with Gasteiger partial charge in [0.15, 0.2) is 24.8 Å². The molecular formula is C64H104O32. The first-order valence-electron chi connectivity index (χ1n) is 33.8. The molecule has 4 saturated carbocycles. The molecular weight excluding hydrogens is 1280 g/mol. The summed E-state index contributed by atoms with van der Waals surface area (Å²) in [6.45, 7) is 11.7. The van der Waals surface area contributed by atoms with Crippen LogP contribution >= 0.6 is 0 Å². The molecule has 20 N–H and O–H groups in total. The van der Waals surface area contributed by atoms with Crippen LogP contribution in [-0.4, -0.2) is 318 Å². The highest BCUT2D eigenvalue weighted by Gasteiger charge is 2.72. The van der Waals surface area contributed by atoms with Gasteiger partial charge in [-0.15, -0.1) is 0 Å². The molecule has 32 nitrogen and oxygen atoms in total. The van der Waals surface area contributed by atoms with Crippen LogP contribution in [0, 0.1) is 56.7 Å². The standard InChI is InChI=1S/C64H104O32/c1-24-37(69)42(74)47(79)56(89-24)90-49-32(19-65)93-63(84,51(82)48(49)80)88-22-33-41(73)45(77)53(91-55-46(78)40(72)31(68)21-87-55)64(85,94-33)96-54(83)28-18-57(3,4)17-27-26(28)11-15-60(7)29(27)9-10-35-58(5)14-13-36(59(6,23-66)34(58)12-16-61(35,60)8)95-62(50(81)43(75)38(70)25(2)92-62)52-44(76)39(71)30(67)20-86-52/h9,24-28,30-53,55-56,65-82,84-85H,10-23H2,1-8H3/t24-,25-,26?,27-,28-,30+,31-,32?,33?,34?,35?,36+,37-,38-,39-,40-,41-,42+,43+,44-,45?,46+,47+,48?,49-,50+,51+,52?,53+,55?,56?,58+,59+,60-,61-,62?,63+,64-/m1/s1.